The van der Waals surface area contributed by atoms with Gasteiger partial charge in [0.2, 0.25) is 15.9 Å². The number of carbonyl (C=O) groups is 1. The molecule has 1 aromatic heterocycles. The van der Waals surface area contributed by atoms with Crippen molar-refractivity contribution >= 4 is 21.6 Å². The second-order valence-corrected chi connectivity index (χ2v) is 7.34. The summed E-state index contributed by atoms with van der Waals surface area (Å²) in [4.78, 5) is 11.9. The molecule has 1 amide bonds. The van der Waals surface area contributed by atoms with Crippen molar-refractivity contribution in [3.05, 3.63) is 41.5 Å². The maximum absolute atomic E-state index is 14.5. The van der Waals surface area contributed by atoms with Crippen LogP contribution in [0.5, 0.6) is 0 Å². The first-order chi connectivity index (χ1) is 11.8. The zero-order valence-corrected chi connectivity index (χ0v) is 14.1. The third kappa shape index (κ3) is 4.03. The molecule has 0 atom stereocenters. The Balaban J connectivity index is 1.62. The Morgan fingerprint density at radius 3 is 2.96 bits per heavy atom. The summed E-state index contributed by atoms with van der Waals surface area (Å²) in [7, 11) is -3.82. The lowest BCUT2D eigenvalue weighted by Crippen LogP contribution is -2.25. The SMILES string of the molecule is NS(=O)(=O)c1cnn(CCC(=O)Nc2ccc3c(c2F)CCNC3)c1. The molecule has 1 aliphatic rings. The number of hydrogen-bond acceptors (Lipinski definition) is 5. The molecule has 134 valence electrons. The lowest BCUT2D eigenvalue weighted by molar-refractivity contribution is -0.116. The molecule has 0 saturated carbocycles. The van der Waals surface area contributed by atoms with Gasteiger partial charge in [0, 0.05) is 25.7 Å². The van der Waals surface area contributed by atoms with Crippen LogP contribution in [0.15, 0.2) is 29.4 Å². The van der Waals surface area contributed by atoms with Gasteiger partial charge < -0.3 is 10.6 Å². The standard InChI is InChI=1S/C15H18FN5O3S/c16-15-12-3-5-18-7-10(12)1-2-13(15)20-14(22)4-6-21-9-11(8-19-21)25(17,23)24/h1-2,8-9,18H,3-7H2,(H,20,22)(H2,17,23,24). The van der Waals surface area contributed by atoms with E-state index in [0.717, 1.165) is 11.8 Å². The average molecular weight is 367 g/mol. The van der Waals surface area contributed by atoms with Gasteiger partial charge in [0.1, 0.15) is 10.7 Å². The van der Waals surface area contributed by atoms with Crippen molar-refractivity contribution in [2.45, 2.75) is 30.8 Å². The van der Waals surface area contributed by atoms with Gasteiger partial charge in [-0.3, -0.25) is 9.48 Å². The summed E-state index contributed by atoms with van der Waals surface area (Å²) >= 11 is 0. The van der Waals surface area contributed by atoms with Crippen molar-refractivity contribution in [2.24, 2.45) is 5.14 Å². The van der Waals surface area contributed by atoms with Gasteiger partial charge >= 0.3 is 0 Å². The lowest BCUT2D eigenvalue weighted by Gasteiger charge is -2.19. The summed E-state index contributed by atoms with van der Waals surface area (Å²) in [5.74, 6) is -0.789. The third-order valence-electron chi connectivity index (χ3n) is 3.99. The van der Waals surface area contributed by atoms with Crippen LogP contribution in [-0.4, -0.2) is 30.7 Å². The van der Waals surface area contributed by atoms with Crippen LogP contribution in [0.4, 0.5) is 10.1 Å². The number of anilines is 1. The Morgan fingerprint density at radius 2 is 2.24 bits per heavy atom. The van der Waals surface area contributed by atoms with E-state index < -0.39 is 15.8 Å². The number of halogens is 1. The van der Waals surface area contributed by atoms with Crippen molar-refractivity contribution in [1.82, 2.24) is 15.1 Å². The normalized spacial score (nSPS) is 14.2. The molecule has 8 nitrogen and oxygen atoms in total. The smallest absolute Gasteiger partial charge is 0.241 e. The van der Waals surface area contributed by atoms with Gasteiger partial charge in [-0.1, -0.05) is 6.07 Å². The first kappa shape index (κ1) is 17.5. The minimum absolute atomic E-state index is 0.0177. The number of aromatic nitrogens is 2. The molecular formula is C15H18FN5O3S. The van der Waals surface area contributed by atoms with Crippen molar-refractivity contribution in [3.63, 3.8) is 0 Å². The van der Waals surface area contributed by atoms with Gasteiger partial charge in [-0.2, -0.15) is 5.10 Å². The Kier molecular flexibility index (Phi) is 4.84. The van der Waals surface area contributed by atoms with Gasteiger partial charge in [-0.15, -0.1) is 0 Å². The number of benzene rings is 1. The van der Waals surface area contributed by atoms with Crippen LogP contribution in [0.3, 0.4) is 0 Å². The summed E-state index contributed by atoms with van der Waals surface area (Å²) in [6, 6.07) is 3.35. The number of aryl methyl sites for hydroxylation is 1. The Bertz CT molecular complexity index is 910. The topological polar surface area (TPSA) is 119 Å². The van der Waals surface area contributed by atoms with E-state index in [4.69, 9.17) is 5.14 Å². The fourth-order valence-electron chi connectivity index (χ4n) is 2.67. The second-order valence-electron chi connectivity index (χ2n) is 5.77. The highest BCUT2D eigenvalue weighted by atomic mass is 32.2. The summed E-state index contributed by atoms with van der Waals surface area (Å²) in [6.07, 6.45) is 2.96. The number of sulfonamides is 1. The Labute approximate surface area is 144 Å². The maximum Gasteiger partial charge on any atom is 0.241 e. The van der Waals surface area contributed by atoms with E-state index >= 15 is 0 Å². The Morgan fingerprint density at radius 1 is 1.44 bits per heavy atom. The molecule has 0 bridgehead atoms. The van der Waals surface area contributed by atoms with E-state index in [1.165, 1.54) is 10.9 Å². The second kappa shape index (κ2) is 6.90. The van der Waals surface area contributed by atoms with E-state index in [1.807, 2.05) is 0 Å². The lowest BCUT2D eigenvalue weighted by atomic mass is 9.99. The molecular weight excluding hydrogens is 349 g/mol. The molecule has 25 heavy (non-hydrogen) atoms. The van der Waals surface area contributed by atoms with Crippen molar-refractivity contribution in [1.29, 1.82) is 0 Å². The number of amides is 1. The molecule has 4 N–H and O–H groups in total. The number of nitrogens with two attached hydrogens (primary N) is 1. The quantitative estimate of drug-likeness (QED) is 0.704. The highest BCUT2D eigenvalue weighted by molar-refractivity contribution is 7.89. The minimum atomic E-state index is -3.82. The first-order valence-electron chi connectivity index (χ1n) is 7.70. The molecule has 0 fully saturated rings. The van der Waals surface area contributed by atoms with Crippen LogP contribution >= 0.6 is 0 Å². The van der Waals surface area contributed by atoms with Gasteiger partial charge in [0.05, 0.1) is 11.9 Å². The molecule has 0 aliphatic carbocycles. The molecule has 0 spiro atoms. The molecule has 3 rings (SSSR count). The number of fused-ring (bicyclic) bond motifs is 1. The van der Waals surface area contributed by atoms with E-state index in [0.29, 0.717) is 25.1 Å². The summed E-state index contributed by atoms with van der Waals surface area (Å²) in [5, 5.41) is 14.5. The molecule has 2 heterocycles. The van der Waals surface area contributed by atoms with Crippen LogP contribution in [0, 0.1) is 5.82 Å². The molecule has 2 aromatic rings. The fourth-order valence-corrected chi connectivity index (χ4v) is 3.14. The highest BCUT2D eigenvalue weighted by Gasteiger charge is 2.17. The highest BCUT2D eigenvalue weighted by Crippen LogP contribution is 2.24. The number of nitrogens with one attached hydrogen (secondary N) is 2. The zero-order valence-electron chi connectivity index (χ0n) is 13.3. The number of nitrogens with zero attached hydrogens (tertiary/aromatic N) is 2. The Hall–Kier alpha value is -2.30. The average Bonchev–Trinajstić information content (AvgIpc) is 3.05. The number of rotatable bonds is 5. The van der Waals surface area contributed by atoms with Crippen LogP contribution in [-0.2, 0) is 34.3 Å². The van der Waals surface area contributed by atoms with E-state index in [2.05, 4.69) is 15.7 Å². The van der Waals surface area contributed by atoms with Gasteiger partial charge in [-0.25, -0.2) is 17.9 Å². The van der Waals surface area contributed by atoms with E-state index in [-0.39, 0.29) is 29.5 Å². The largest absolute Gasteiger partial charge is 0.324 e. The van der Waals surface area contributed by atoms with Crippen molar-refractivity contribution in [2.75, 3.05) is 11.9 Å². The molecule has 0 saturated heterocycles. The van der Waals surface area contributed by atoms with Gasteiger partial charge in [0.15, 0.2) is 0 Å². The molecule has 1 aliphatic heterocycles. The molecule has 10 heteroatoms. The van der Waals surface area contributed by atoms with E-state index in [1.54, 1.807) is 12.1 Å². The monoisotopic (exact) mass is 367 g/mol. The predicted molar refractivity (Wildman–Crippen MR) is 88.7 cm³/mol. The number of hydrogen-bond donors (Lipinski definition) is 3. The summed E-state index contributed by atoms with van der Waals surface area (Å²) in [5.41, 5.74) is 1.67. The third-order valence-corrected chi connectivity index (χ3v) is 4.86. The fraction of sp³-hybridized carbons (Fsp3) is 0.333. The van der Waals surface area contributed by atoms with Gasteiger partial charge in [-0.05, 0) is 30.2 Å². The summed E-state index contributed by atoms with van der Waals surface area (Å²) < 4.78 is 38.1. The van der Waals surface area contributed by atoms with Crippen molar-refractivity contribution in [3.8, 4) is 0 Å². The number of primary sulfonamides is 1. The van der Waals surface area contributed by atoms with Crippen LogP contribution in [0.25, 0.3) is 0 Å². The van der Waals surface area contributed by atoms with E-state index in [9.17, 15) is 17.6 Å². The molecule has 1 aromatic carbocycles. The zero-order chi connectivity index (χ0) is 18.0. The predicted octanol–water partition coefficient (Wildman–Crippen LogP) is 0.344. The minimum Gasteiger partial charge on any atom is -0.324 e. The van der Waals surface area contributed by atoms with Crippen LogP contribution in [0.1, 0.15) is 17.5 Å². The molecule has 0 radical (unpaired) electrons. The first-order valence-corrected chi connectivity index (χ1v) is 9.25. The molecule has 0 unspecified atom stereocenters. The number of carbonyl (C=O) groups excluding carboxylic acids is 1. The van der Waals surface area contributed by atoms with Crippen molar-refractivity contribution < 1.29 is 17.6 Å². The van der Waals surface area contributed by atoms with Crippen LogP contribution < -0.4 is 15.8 Å². The maximum atomic E-state index is 14.5. The van der Waals surface area contributed by atoms with Crippen LogP contribution in [0.2, 0.25) is 0 Å². The van der Waals surface area contributed by atoms with Gasteiger partial charge in [0.25, 0.3) is 0 Å². The summed E-state index contributed by atoms with van der Waals surface area (Å²) in [6.45, 7) is 1.47.